The Bertz CT molecular complexity index is 5660. The molecule has 8 heteroatoms. The van der Waals surface area contributed by atoms with Crippen LogP contribution in [0.4, 0.5) is 0 Å². The summed E-state index contributed by atoms with van der Waals surface area (Å²) in [5.74, 6) is 4.02. The molecule has 18 rings (SSSR count). The molecule has 0 fully saturated rings. The summed E-state index contributed by atoms with van der Waals surface area (Å²) in [7, 11) is 0. The van der Waals surface area contributed by atoms with Crippen LogP contribution in [-0.4, -0.2) is 29.9 Å². The van der Waals surface area contributed by atoms with Gasteiger partial charge in [-0.3, -0.25) is 0 Å². The number of benzene rings is 14. The van der Waals surface area contributed by atoms with Crippen LogP contribution in [0, 0.1) is 0 Å². The molecule has 0 aliphatic heterocycles. The summed E-state index contributed by atoms with van der Waals surface area (Å²) in [6.07, 6.45) is 0. The maximum absolute atomic E-state index is 5.07. The van der Waals surface area contributed by atoms with Crippen molar-refractivity contribution in [1.82, 2.24) is 29.9 Å². The molecule has 4 aromatic heterocycles. The van der Waals surface area contributed by atoms with Crippen molar-refractivity contribution in [2.24, 2.45) is 0 Å². The third kappa shape index (κ3) is 9.59. The minimum atomic E-state index is 0.666. The Hall–Kier alpha value is -11.4. The highest BCUT2D eigenvalue weighted by Gasteiger charge is 2.21. The van der Waals surface area contributed by atoms with E-state index in [0.717, 1.165) is 33.4 Å². The van der Waals surface area contributed by atoms with Crippen LogP contribution in [0.1, 0.15) is 0 Å². The van der Waals surface area contributed by atoms with E-state index in [2.05, 4.69) is 206 Å². The van der Waals surface area contributed by atoms with E-state index in [0.29, 0.717) is 34.9 Å². The summed E-state index contributed by atoms with van der Waals surface area (Å²) in [5.41, 5.74) is 10.7. The van der Waals surface area contributed by atoms with Crippen molar-refractivity contribution in [1.29, 1.82) is 0 Å². The Morgan fingerprint density at radius 2 is 0.533 bits per heavy atom. The van der Waals surface area contributed by atoms with Crippen molar-refractivity contribution in [3.05, 3.63) is 303 Å². The molecule has 6 nitrogen and oxygen atoms in total. The maximum atomic E-state index is 5.07. The topological polar surface area (TPSA) is 77.3 Å². The fourth-order valence-electron chi connectivity index (χ4n) is 12.7. The van der Waals surface area contributed by atoms with E-state index in [9.17, 15) is 0 Å². The Labute approximate surface area is 526 Å². The molecule has 0 N–H and O–H groups in total. The predicted molar refractivity (Wildman–Crippen MR) is 379 cm³/mol. The van der Waals surface area contributed by atoms with Crippen molar-refractivity contribution in [3.63, 3.8) is 0 Å². The second-order valence-corrected chi connectivity index (χ2v) is 24.6. The molecule has 0 saturated carbocycles. The van der Waals surface area contributed by atoms with Gasteiger partial charge in [0.05, 0.1) is 0 Å². The second kappa shape index (κ2) is 22.4. The van der Waals surface area contributed by atoms with Crippen LogP contribution in [0.3, 0.4) is 0 Å². The molecule has 0 aliphatic rings. The predicted octanol–water partition coefficient (Wildman–Crippen LogP) is 22.4. The van der Waals surface area contributed by atoms with Gasteiger partial charge in [0.15, 0.2) is 34.9 Å². The fourth-order valence-corrected chi connectivity index (χ4v) is 14.9. The molecule has 0 bridgehead atoms. The van der Waals surface area contributed by atoms with Crippen LogP contribution in [0.5, 0.6) is 0 Å². The SMILES string of the molecule is c1ccc(-c2nc(-c3ccccc3)nc(-c3cccc4sc5ccc(-c6cc7ccccc7c7ccccc67)cc5c34)n2)cc1.c1ccc(-c2nc(-c3ccccc3)nc(-c3cccc4sc5ccc(-c6ccc7ccc8ccccc8c7c6)cc5c34)n2)cc1. The molecule has 0 saturated heterocycles. The normalized spacial score (nSPS) is 11.6. The third-order valence-electron chi connectivity index (χ3n) is 17.0. The lowest BCUT2D eigenvalue weighted by molar-refractivity contribution is 1.08. The number of hydrogen-bond acceptors (Lipinski definition) is 8. The molecule has 4 heterocycles. The van der Waals surface area contributed by atoms with Crippen molar-refractivity contribution in [2.75, 3.05) is 0 Å². The van der Waals surface area contributed by atoms with Gasteiger partial charge in [0.2, 0.25) is 0 Å². The van der Waals surface area contributed by atoms with Gasteiger partial charge in [0, 0.05) is 73.7 Å². The standard InChI is InChI=1S/2C41H25N3S/c1-3-12-26(13-4-1)39-42-40(27-14-5-2-6-15-27)44-41(43-39)33-20-11-21-37-38(33)35-25-29(22-23-36(35)45-37)34-24-28-16-7-8-17-30(28)31-18-9-10-19-32(31)34;1-3-11-28(12-4-1)39-42-40(29-13-5-2-6-14-29)44-41(43-39)33-16-9-17-37-38(33)35-25-31(22-23-36(35)45-37)30-21-20-27-19-18-26-10-7-8-15-32(26)34(27)24-30/h2*1-25H. The Morgan fingerprint density at radius 3 is 1.03 bits per heavy atom. The molecule has 0 atom stereocenters. The zero-order valence-corrected chi connectivity index (χ0v) is 50.0. The first-order valence-corrected chi connectivity index (χ1v) is 31.7. The van der Waals surface area contributed by atoms with E-state index < -0.39 is 0 Å². The molecule has 18 aromatic rings. The number of hydrogen-bond donors (Lipinski definition) is 0. The first-order valence-electron chi connectivity index (χ1n) is 30.1. The summed E-state index contributed by atoms with van der Waals surface area (Å²) in [6, 6.07) is 107. The van der Waals surface area contributed by atoms with Gasteiger partial charge in [0.1, 0.15) is 0 Å². The highest BCUT2D eigenvalue weighted by atomic mass is 32.1. The van der Waals surface area contributed by atoms with Crippen molar-refractivity contribution in [2.45, 2.75) is 0 Å². The highest BCUT2D eigenvalue weighted by Crippen LogP contribution is 2.45. The van der Waals surface area contributed by atoms with Gasteiger partial charge >= 0.3 is 0 Å². The number of aromatic nitrogens is 6. The first-order chi connectivity index (χ1) is 44.6. The largest absolute Gasteiger partial charge is 0.208 e. The summed E-state index contributed by atoms with van der Waals surface area (Å²) in [5, 5.41) is 14.9. The van der Waals surface area contributed by atoms with E-state index in [1.807, 2.05) is 120 Å². The Morgan fingerprint density at radius 1 is 0.178 bits per heavy atom. The first kappa shape index (κ1) is 52.9. The number of fused-ring (bicyclic) bond motifs is 12. The van der Waals surface area contributed by atoms with Crippen molar-refractivity contribution >= 4 is 106 Å². The van der Waals surface area contributed by atoms with Crippen LogP contribution in [-0.2, 0) is 0 Å². The smallest absolute Gasteiger partial charge is 0.164 e. The zero-order chi connectivity index (χ0) is 59.5. The van der Waals surface area contributed by atoms with E-state index in [4.69, 9.17) is 29.9 Å². The average Bonchev–Trinajstić information content (AvgIpc) is 1.86. The molecule has 420 valence electrons. The molecule has 0 spiro atoms. The molecular weight excluding hydrogens is 1130 g/mol. The number of rotatable bonds is 8. The minimum absolute atomic E-state index is 0.666. The quantitative estimate of drug-likeness (QED) is 0.141. The van der Waals surface area contributed by atoms with E-state index >= 15 is 0 Å². The van der Waals surface area contributed by atoms with E-state index in [1.165, 1.54) is 106 Å². The lowest BCUT2D eigenvalue weighted by atomic mass is 9.92. The summed E-state index contributed by atoms with van der Waals surface area (Å²) in [6.45, 7) is 0. The molecule has 0 aliphatic carbocycles. The number of nitrogens with zero attached hydrogens (tertiary/aromatic N) is 6. The molecule has 14 aromatic carbocycles. The minimum Gasteiger partial charge on any atom is -0.208 e. The monoisotopic (exact) mass is 1180 g/mol. The van der Waals surface area contributed by atoms with Crippen LogP contribution in [0.25, 0.3) is 174 Å². The third-order valence-corrected chi connectivity index (χ3v) is 19.3. The molecule has 90 heavy (non-hydrogen) atoms. The van der Waals surface area contributed by atoms with Gasteiger partial charge in [-0.2, -0.15) is 0 Å². The van der Waals surface area contributed by atoms with E-state index in [1.54, 1.807) is 0 Å². The van der Waals surface area contributed by atoms with Gasteiger partial charge in [-0.15, -0.1) is 22.7 Å². The van der Waals surface area contributed by atoms with Gasteiger partial charge in [0.25, 0.3) is 0 Å². The molecule has 0 unspecified atom stereocenters. The van der Waals surface area contributed by atoms with Crippen LogP contribution < -0.4 is 0 Å². The van der Waals surface area contributed by atoms with Gasteiger partial charge < -0.3 is 0 Å². The van der Waals surface area contributed by atoms with Gasteiger partial charge in [-0.1, -0.05) is 255 Å². The highest BCUT2D eigenvalue weighted by molar-refractivity contribution is 7.26. The summed E-state index contributed by atoms with van der Waals surface area (Å²) in [4.78, 5) is 30.1. The van der Waals surface area contributed by atoms with Crippen LogP contribution >= 0.6 is 22.7 Å². The average molecular weight is 1180 g/mol. The fraction of sp³-hybridized carbons (Fsp3) is 0. The summed E-state index contributed by atoms with van der Waals surface area (Å²) < 4.78 is 4.91. The van der Waals surface area contributed by atoms with Gasteiger partial charge in [-0.25, -0.2) is 29.9 Å². The van der Waals surface area contributed by atoms with Crippen LogP contribution in [0.15, 0.2) is 303 Å². The zero-order valence-electron chi connectivity index (χ0n) is 48.4. The lowest BCUT2D eigenvalue weighted by Gasteiger charge is -2.12. The Balaban J connectivity index is 0.000000139. The number of thiophene rings is 2. The lowest BCUT2D eigenvalue weighted by Crippen LogP contribution is -2.00. The van der Waals surface area contributed by atoms with Crippen LogP contribution in [0.2, 0.25) is 0 Å². The molecule has 0 amide bonds. The second-order valence-electron chi connectivity index (χ2n) is 22.5. The Kier molecular flexibility index (Phi) is 13.1. The van der Waals surface area contributed by atoms with Crippen molar-refractivity contribution < 1.29 is 0 Å². The maximum Gasteiger partial charge on any atom is 0.164 e. The molecule has 0 radical (unpaired) electrons. The van der Waals surface area contributed by atoms with Crippen molar-refractivity contribution in [3.8, 4) is 90.6 Å². The van der Waals surface area contributed by atoms with E-state index in [-0.39, 0.29) is 0 Å². The van der Waals surface area contributed by atoms with Gasteiger partial charge in [-0.05, 0) is 114 Å². The summed E-state index contributed by atoms with van der Waals surface area (Å²) >= 11 is 3.62. The molecular formula is C82H50N6S2.